The number of aromatic nitrogens is 8. The van der Waals surface area contributed by atoms with Crippen molar-refractivity contribution in [1.29, 1.82) is 0 Å². The molecule has 0 aromatic carbocycles. The van der Waals surface area contributed by atoms with Gasteiger partial charge in [0.2, 0.25) is 0 Å². The van der Waals surface area contributed by atoms with E-state index in [1.807, 2.05) is 0 Å². The zero-order valence-electron chi connectivity index (χ0n) is 17.8. The van der Waals surface area contributed by atoms with Gasteiger partial charge in [0.25, 0.3) is 12.3 Å². The van der Waals surface area contributed by atoms with Crippen molar-refractivity contribution in [2.75, 3.05) is 6.54 Å². The summed E-state index contributed by atoms with van der Waals surface area (Å²) in [6.07, 6.45) is 0.942. The first-order chi connectivity index (χ1) is 16.5. The third-order valence-corrected chi connectivity index (χ3v) is 5.87. The SMILES string of the molecule is Cn1nccc1-c1nnc(C(=O)N2CCc3[nH]cnc3C2c2cc3cccc(C(F)F)n3n2)o1. The lowest BCUT2D eigenvalue weighted by atomic mass is 9.99. The highest BCUT2D eigenvalue weighted by Gasteiger charge is 2.38. The Morgan fingerprint density at radius 2 is 2.15 bits per heavy atom. The Kier molecular flexibility index (Phi) is 4.50. The number of rotatable bonds is 4. The number of aromatic amines is 1. The minimum atomic E-state index is -2.70. The maximum atomic E-state index is 13.5. The van der Waals surface area contributed by atoms with E-state index in [-0.39, 0.29) is 17.5 Å². The topological polar surface area (TPSA) is 123 Å². The number of H-pyrrole nitrogens is 1. The van der Waals surface area contributed by atoms with Gasteiger partial charge in [-0.1, -0.05) is 6.07 Å². The van der Waals surface area contributed by atoms with Gasteiger partial charge >= 0.3 is 11.8 Å². The van der Waals surface area contributed by atoms with E-state index >= 15 is 0 Å². The zero-order valence-corrected chi connectivity index (χ0v) is 17.8. The van der Waals surface area contributed by atoms with E-state index < -0.39 is 18.4 Å². The summed E-state index contributed by atoms with van der Waals surface area (Å²) in [5.74, 6) is -0.547. The van der Waals surface area contributed by atoms with Crippen molar-refractivity contribution in [2.45, 2.75) is 18.9 Å². The van der Waals surface area contributed by atoms with Gasteiger partial charge in [-0.15, -0.1) is 10.2 Å². The number of fused-ring (bicyclic) bond motifs is 2. The van der Waals surface area contributed by atoms with E-state index in [1.54, 1.807) is 48.5 Å². The average Bonchev–Trinajstić information content (AvgIpc) is 3.62. The fourth-order valence-corrected chi connectivity index (χ4v) is 4.27. The second-order valence-corrected chi connectivity index (χ2v) is 7.83. The number of amides is 1. The van der Waals surface area contributed by atoms with E-state index in [9.17, 15) is 13.6 Å². The van der Waals surface area contributed by atoms with Crippen LogP contribution in [-0.4, -0.2) is 56.9 Å². The summed E-state index contributed by atoms with van der Waals surface area (Å²) < 4.78 is 35.5. The molecular formula is C21H17F2N9O2. The molecule has 1 amide bonds. The number of aryl methyl sites for hydroxylation is 1. The van der Waals surface area contributed by atoms with Crippen LogP contribution < -0.4 is 0 Å². The molecule has 13 heteroatoms. The molecule has 5 aromatic rings. The molecule has 0 fully saturated rings. The molecule has 1 aliphatic rings. The summed E-state index contributed by atoms with van der Waals surface area (Å²) in [6.45, 7) is 0.317. The number of alkyl halides is 2. The van der Waals surface area contributed by atoms with Gasteiger partial charge < -0.3 is 14.3 Å². The molecule has 0 bridgehead atoms. The zero-order chi connectivity index (χ0) is 23.4. The average molecular weight is 465 g/mol. The maximum Gasteiger partial charge on any atom is 0.312 e. The highest BCUT2D eigenvalue weighted by Crippen LogP contribution is 2.35. The Morgan fingerprint density at radius 1 is 1.26 bits per heavy atom. The van der Waals surface area contributed by atoms with Crippen LogP contribution in [0.2, 0.25) is 0 Å². The van der Waals surface area contributed by atoms with Gasteiger partial charge in [-0.05, 0) is 24.3 Å². The lowest BCUT2D eigenvalue weighted by molar-refractivity contribution is 0.0646. The summed E-state index contributed by atoms with van der Waals surface area (Å²) in [5, 5.41) is 16.4. The number of hydrogen-bond donors (Lipinski definition) is 1. The predicted octanol–water partition coefficient (Wildman–Crippen LogP) is 2.57. The fraction of sp³-hybridized carbons (Fsp3) is 0.238. The van der Waals surface area contributed by atoms with Crippen LogP contribution in [0.4, 0.5) is 8.78 Å². The van der Waals surface area contributed by atoms with Crippen LogP contribution in [0.5, 0.6) is 0 Å². The van der Waals surface area contributed by atoms with E-state index in [2.05, 4.69) is 30.4 Å². The number of halogens is 2. The third kappa shape index (κ3) is 3.08. The number of nitrogens with zero attached hydrogens (tertiary/aromatic N) is 8. The van der Waals surface area contributed by atoms with E-state index in [4.69, 9.17) is 4.42 Å². The Labute approximate surface area is 190 Å². The molecule has 6 rings (SSSR count). The minimum absolute atomic E-state index is 0.159. The smallest absolute Gasteiger partial charge is 0.312 e. The van der Waals surface area contributed by atoms with Gasteiger partial charge in [0.1, 0.15) is 17.4 Å². The predicted molar refractivity (Wildman–Crippen MR) is 112 cm³/mol. The normalized spacial score (nSPS) is 15.9. The van der Waals surface area contributed by atoms with Crippen LogP contribution in [0, 0.1) is 0 Å². The lowest BCUT2D eigenvalue weighted by Crippen LogP contribution is -2.41. The maximum absolute atomic E-state index is 13.5. The number of imidazole rings is 1. The van der Waals surface area contributed by atoms with E-state index in [1.165, 1.54) is 15.5 Å². The van der Waals surface area contributed by atoms with Crippen molar-refractivity contribution < 1.29 is 18.0 Å². The molecular weight excluding hydrogens is 448 g/mol. The Hall–Kier alpha value is -4.42. The summed E-state index contributed by atoms with van der Waals surface area (Å²) in [4.78, 5) is 22.5. The number of carbonyl (C=O) groups excluding carboxylic acids is 1. The van der Waals surface area contributed by atoms with Crippen molar-refractivity contribution in [3.8, 4) is 11.6 Å². The monoisotopic (exact) mass is 465 g/mol. The highest BCUT2D eigenvalue weighted by molar-refractivity contribution is 5.90. The Balaban J connectivity index is 1.42. The second-order valence-electron chi connectivity index (χ2n) is 7.83. The second kappa shape index (κ2) is 7.57. The van der Waals surface area contributed by atoms with Crippen LogP contribution in [0.3, 0.4) is 0 Å². The van der Waals surface area contributed by atoms with Gasteiger partial charge in [-0.2, -0.15) is 10.2 Å². The van der Waals surface area contributed by atoms with Crippen LogP contribution in [0.1, 0.15) is 45.9 Å². The molecule has 0 saturated carbocycles. The van der Waals surface area contributed by atoms with E-state index in [0.29, 0.717) is 35.6 Å². The number of pyridine rings is 1. The Bertz CT molecular complexity index is 1520. The molecule has 11 nitrogen and oxygen atoms in total. The molecule has 6 heterocycles. The van der Waals surface area contributed by atoms with E-state index in [0.717, 1.165) is 5.69 Å². The first kappa shape index (κ1) is 20.2. The van der Waals surface area contributed by atoms with Gasteiger partial charge in [0.05, 0.1) is 23.2 Å². The minimum Gasteiger partial charge on any atom is -0.411 e. The number of hydrogen-bond acceptors (Lipinski definition) is 7. The number of nitrogens with one attached hydrogen (secondary N) is 1. The van der Waals surface area contributed by atoms with Crippen molar-refractivity contribution in [3.05, 3.63) is 71.5 Å². The summed E-state index contributed by atoms with van der Waals surface area (Å²) in [7, 11) is 1.72. The standard InChI is InChI=1S/C21H17F2N9O2/c1-30-15(5-7-26-30)19-27-28-20(34-19)21(33)31-8-6-12-16(25-10-24-12)17(31)13-9-11-3-2-4-14(18(22)23)32(11)29-13/h2-5,7,9-10,17-18H,6,8H2,1H3,(H,24,25). The van der Waals surface area contributed by atoms with Gasteiger partial charge in [0, 0.05) is 31.9 Å². The quantitative estimate of drug-likeness (QED) is 0.433. The molecule has 1 aliphatic heterocycles. The lowest BCUT2D eigenvalue weighted by Gasteiger charge is -2.32. The van der Waals surface area contributed by atoms with Gasteiger partial charge in [0.15, 0.2) is 0 Å². The molecule has 0 spiro atoms. The highest BCUT2D eigenvalue weighted by atomic mass is 19.3. The van der Waals surface area contributed by atoms with Crippen molar-refractivity contribution in [2.24, 2.45) is 7.05 Å². The van der Waals surface area contributed by atoms with Crippen molar-refractivity contribution in [3.63, 3.8) is 0 Å². The molecule has 1 unspecified atom stereocenters. The summed E-state index contributed by atoms with van der Waals surface area (Å²) in [5.41, 5.74) is 2.66. The van der Waals surface area contributed by atoms with Crippen molar-refractivity contribution in [1.82, 2.24) is 44.5 Å². The third-order valence-electron chi connectivity index (χ3n) is 5.87. The molecule has 1 N–H and O–H groups in total. The molecule has 0 saturated heterocycles. The largest absolute Gasteiger partial charge is 0.411 e. The molecule has 0 radical (unpaired) electrons. The molecule has 1 atom stereocenters. The van der Waals surface area contributed by atoms with Crippen molar-refractivity contribution >= 4 is 11.4 Å². The molecule has 34 heavy (non-hydrogen) atoms. The van der Waals surface area contributed by atoms with Crippen LogP contribution >= 0.6 is 0 Å². The Morgan fingerprint density at radius 3 is 2.94 bits per heavy atom. The molecule has 0 aliphatic carbocycles. The van der Waals surface area contributed by atoms with Gasteiger partial charge in [-0.25, -0.2) is 18.3 Å². The summed E-state index contributed by atoms with van der Waals surface area (Å²) in [6, 6.07) is 7.19. The van der Waals surface area contributed by atoms with Crippen LogP contribution in [-0.2, 0) is 13.5 Å². The van der Waals surface area contributed by atoms with Crippen LogP contribution in [0.25, 0.3) is 17.1 Å². The summed E-state index contributed by atoms with van der Waals surface area (Å²) >= 11 is 0. The molecule has 5 aromatic heterocycles. The first-order valence-electron chi connectivity index (χ1n) is 10.4. The molecule has 172 valence electrons. The number of carbonyl (C=O) groups is 1. The first-order valence-corrected chi connectivity index (χ1v) is 10.4. The van der Waals surface area contributed by atoms with Gasteiger partial charge in [-0.3, -0.25) is 9.48 Å². The fourth-order valence-electron chi connectivity index (χ4n) is 4.27. The van der Waals surface area contributed by atoms with Crippen LogP contribution in [0.15, 0.2) is 47.3 Å².